The van der Waals surface area contributed by atoms with Crippen molar-refractivity contribution in [1.29, 1.82) is 0 Å². The molecule has 0 spiro atoms. The average Bonchev–Trinajstić information content (AvgIpc) is 2.84. The van der Waals surface area contributed by atoms with E-state index in [0.717, 1.165) is 37.8 Å². The van der Waals surface area contributed by atoms with E-state index in [0.29, 0.717) is 10.8 Å². The van der Waals surface area contributed by atoms with Gasteiger partial charge in [-0.25, -0.2) is 8.42 Å². The molecule has 2 aromatic carbocycles. The molecule has 1 heterocycles. The summed E-state index contributed by atoms with van der Waals surface area (Å²) in [6, 6.07) is 12.9. The Labute approximate surface area is 197 Å². The van der Waals surface area contributed by atoms with Crippen molar-refractivity contribution in [3.8, 4) is 5.75 Å². The fraction of sp³-hybridized carbons (Fsp3) is 0.520. The number of hydrogen-bond acceptors (Lipinski definition) is 5. The molecule has 0 N–H and O–H groups in total. The zero-order valence-electron chi connectivity index (χ0n) is 19.0. The number of ether oxygens (including phenoxy) is 1. The summed E-state index contributed by atoms with van der Waals surface area (Å²) < 4.78 is 31.4. The van der Waals surface area contributed by atoms with Gasteiger partial charge in [0.1, 0.15) is 5.75 Å². The number of benzene rings is 2. The summed E-state index contributed by atoms with van der Waals surface area (Å²) in [7, 11) is -2.17. The van der Waals surface area contributed by atoms with Crippen LogP contribution in [-0.4, -0.2) is 57.5 Å². The van der Waals surface area contributed by atoms with Crippen molar-refractivity contribution < 1.29 is 13.2 Å². The lowest BCUT2D eigenvalue weighted by Crippen LogP contribution is -2.51. The van der Waals surface area contributed by atoms with E-state index in [-0.39, 0.29) is 15.8 Å². The van der Waals surface area contributed by atoms with E-state index in [1.54, 1.807) is 18.2 Å². The molecule has 1 aliphatic carbocycles. The van der Waals surface area contributed by atoms with Crippen molar-refractivity contribution in [2.75, 3.05) is 33.3 Å². The largest absolute Gasteiger partial charge is 0.497 e. The third-order valence-corrected chi connectivity index (χ3v) is 9.02. The molecule has 0 radical (unpaired) electrons. The lowest BCUT2D eigenvalue weighted by atomic mass is 9.93. The van der Waals surface area contributed by atoms with Gasteiger partial charge >= 0.3 is 0 Å². The zero-order valence-corrected chi connectivity index (χ0v) is 20.5. The van der Waals surface area contributed by atoms with Crippen molar-refractivity contribution in [1.82, 2.24) is 9.80 Å². The highest BCUT2D eigenvalue weighted by Crippen LogP contribution is 2.30. The van der Waals surface area contributed by atoms with E-state index >= 15 is 0 Å². The average molecular weight is 477 g/mol. The third-order valence-electron chi connectivity index (χ3n) is 7.05. The van der Waals surface area contributed by atoms with Crippen LogP contribution in [0, 0.1) is 0 Å². The predicted octanol–water partition coefficient (Wildman–Crippen LogP) is 5.19. The lowest BCUT2D eigenvalue weighted by molar-refractivity contribution is 0.0602. The van der Waals surface area contributed by atoms with Crippen LogP contribution in [0.25, 0.3) is 0 Å². The number of rotatable bonds is 6. The van der Waals surface area contributed by atoms with Crippen LogP contribution in [0.3, 0.4) is 0 Å². The molecule has 5 nitrogen and oxygen atoms in total. The van der Waals surface area contributed by atoms with Gasteiger partial charge in [0.15, 0.2) is 0 Å². The summed E-state index contributed by atoms with van der Waals surface area (Å²) in [4.78, 5) is 5.59. The second kappa shape index (κ2) is 10.1. The summed E-state index contributed by atoms with van der Waals surface area (Å²) in [5.41, 5.74) is 1.14. The first-order valence-electron chi connectivity index (χ1n) is 11.6. The predicted molar refractivity (Wildman–Crippen MR) is 128 cm³/mol. The molecule has 0 aromatic heterocycles. The summed E-state index contributed by atoms with van der Waals surface area (Å²) in [5.74, 6) is 0.425. The van der Waals surface area contributed by atoms with Crippen LogP contribution < -0.4 is 4.74 Å². The van der Waals surface area contributed by atoms with Crippen LogP contribution in [0.15, 0.2) is 52.3 Å². The van der Waals surface area contributed by atoms with E-state index in [2.05, 4.69) is 16.7 Å². The van der Waals surface area contributed by atoms with Gasteiger partial charge in [-0.3, -0.25) is 9.80 Å². The Kier molecular flexibility index (Phi) is 7.45. The maximum atomic E-state index is 13.1. The van der Waals surface area contributed by atoms with E-state index in [4.69, 9.17) is 16.3 Å². The SMILES string of the molecule is COc1cc(Cl)cc(S(=O)(=O)c2ccc([C@H](C)N3CCN(C4CCCCC4)CC3)cc2)c1. The molecule has 1 atom stereocenters. The normalized spacial score (nSPS) is 20.2. The fourth-order valence-corrected chi connectivity index (χ4v) is 6.63. The lowest BCUT2D eigenvalue weighted by Gasteiger charge is -2.42. The maximum Gasteiger partial charge on any atom is 0.206 e. The second-order valence-corrected chi connectivity index (χ2v) is 11.3. The first-order chi connectivity index (χ1) is 15.4. The Morgan fingerprint density at radius 3 is 2.22 bits per heavy atom. The second-order valence-electron chi connectivity index (χ2n) is 8.94. The molecule has 4 rings (SSSR count). The zero-order chi connectivity index (χ0) is 22.7. The summed E-state index contributed by atoms with van der Waals surface area (Å²) in [5, 5.41) is 0.334. The van der Waals surface area contributed by atoms with Crippen molar-refractivity contribution in [3.63, 3.8) is 0 Å². The van der Waals surface area contributed by atoms with E-state index < -0.39 is 9.84 Å². The van der Waals surface area contributed by atoms with Gasteiger partial charge in [0.2, 0.25) is 9.84 Å². The number of halogens is 1. The number of piperazine rings is 1. The third kappa shape index (κ3) is 5.14. The van der Waals surface area contributed by atoms with Gasteiger partial charge in [0.05, 0.1) is 16.9 Å². The molecule has 7 heteroatoms. The highest BCUT2D eigenvalue weighted by Gasteiger charge is 2.27. The Bertz CT molecular complexity index is 1010. The molecule has 2 fully saturated rings. The highest BCUT2D eigenvalue weighted by molar-refractivity contribution is 7.91. The molecule has 0 bridgehead atoms. The van der Waals surface area contributed by atoms with Crippen molar-refractivity contribution in [2.45, 2.75) is 60.9 Å². The van der Waals surface area contributed by atoms with Gasteiger partial charge < -0.3 is 4.74 Å². The first-order valence-corrected chi connectivity index (χ1v) is 13.4. The van der Waals surface area contributed by atoms with Crippen LogP contribution in [0.1, 0.15) is 50.6 Å². The molecule has 32 heavy (non-hydrogen) atoms. The van der Waals surface area contributed by atoms with Crippen LogP contribution >= 0.6 is 11.6 Å². The van der Waals surface area contributed by atoms with Crippen LogP contribution in [0.5, 0.6) is 5.75 Å². The number of sulfone groups is 1. The Morgan fingerprint density at radius 2 is 1.59 bits per heavy atom. The standard InChI is InChI=1S/C25H33ClN2O3S/c1-19(27-12-14-28(15-13-27)22-6-4-3-5-7-22)20-8-10-24(11-9-20)32(29,30)25-17-21(26)16-23(18-25)31-2/h8-11,16-19,22H,3-7,12-15H2,1-2H3/t19-/m0/s1. The number of methoxy groups -OCH3 is 1. The summed E-state index contributed by atoms with van der Waals surface area (Å²) >= 11 is 6.08. The Morgan fingerprint density at radius 1 is 0.938 bits per heavy atom. The number of nitrogens with zero attached hydrogens (tertiary/aromatic N) is 2. The van der Waals surface area contributed by atoms with E-state index in [1.807, 2.05) is 12.1 Å². The minimum atomic E-state index is -3.67. The van der Waals surface area contributed by atoms with Gasteiger partial charge in [-0.15, -0.1) is 0 Å². The Hall–Kier alpha value is -1.60. The van der Waals surface area contributed by atoms with Gasteiger partial charge in [-0.2, -0.15) is 0 Å². The Balaban J connectivity index is 1.42. The van der Waals surface area contributed by atoms with E-state index in [1.165, 1.54) is 51.3 Å². The summed E-state index contributed by atoms with van der Waals surface area (Å²) in [6.07, 6.45) is 6.84. The van der Waals surface area contributed by atoms with Crippen LogP contribution in [0.4, 0.5) is 0 Å². The molecule has 1 saturated carbocycles. The van der Waals surface area contributed by atoms with Gasteiger partial charge in [-0.1, -0.05) is 43.0 Å². The maximum absolute atomic E-state index is 13.1. The topological polar surface area (TPSA) is 49.9 Å². The molecule has 2 aromatic rings. The minimum absolute atomic E-state index is 0.140. The molecule has 1 saturated heterocycles. The highest BCUT2D eigenvalue weighted by atomic mass is 35.5. The number of hydrogen-bond donors (Lipinski definition) is 0. The monoisotopic (exact) mass is 476 g/mol. The molecule has 0 unspecified atom stereocenters. The quantitative estimate of drug-likeness (QED) is 0.574. The van der Waals surface area contributed by atoms with Gasteiger partial charge in [0, 0.05) is 43.3 Å². The smallest absolute Gasteiger partial charge is 0.206 e. The van der Waals surface area contributed by atoms with Crippen LogP contribution in [-0.2, 0) is 9.84 Å². The van der Waals surface area contributed by atoms with Gasteiger partial charge in [-0.05, 0) is 55.7 Å². The molecular formula is C25H33ClN2O3S. The first kappa shape index (κ1) is 23.6. The minimum Gasteiger partial charge on any atom is -0.497 e. The fourth-order valence-electron chi connectivity index (χ4n) is 5.02. The molecule has 0 amide bonds. The van der Waals surface area contributed by atoms with E-state index in [9.17, 15) is 8.42 Å². The summed E-state index contributed by atoms with van der Waals surface area (Å²) in [6.45, 7) is 6.57. The molecule has 1 aliphatic heterocycles. The van der Waals surface area contributed by atoms with Crippen molar-refractivity contribution >= 4 is 21.4 Å². The van der Waals surface area contributed by atoms with Crippen molar-refractivity contribution in [2.24, 2.45) is 0 Å². The molecular weight excluding hydrogens is 444 g/mol. The van der Waals surface area contributed by atoms with Crippen LogP contribution in [0.2, 0.25) is 5.02 Å². The van der Waals surface area contributed by atoms with Crippen molar-refractivity contribution in [3.05, 3.63) is 53.1 Å². The van der Waals surface area contributed by atoms with Gasteiger partial charge in [0.25, 0.3) is 0 Å². The molecule has 2 aliphatic rings. The molecule has 174 valence electrons.